The first-order valence-corrected chi connectivity index (χ1v) is 6.19. The normalized spacial score (nSPS) is 19.3. The van der Waals surface area contributed by atoms with E-state index in [1.54, 1.807) is 13.8 Å². The van der Waals surface area contributed by atoms with E-state index in [1.165, 1.54) is 0 Å². The van der Waals surface area contributed by atoms with Crippen LogP contribution < -0.4 is 5.48 Å². The molecule has 18 heavy (non-hydrogen) atoms. The van der Waals surface area contributed by atoms with Gasteiger partial charge in [0.15, 0.2) is 12.1 Å². The largest absolute Gasteiger partial charge is 0.481 e. The summed E-state index contributed by atoms with van der Waals surface area (Å²) in [7, 11) is 0. The molecule has 0 saturated carbocycles. The maximum atomic E-state index is 11.1. The van der Waals surface area contributed by atoms with Gasteiger partial charge in [0.05, 0.1) is 0 Å². The second kappa shape index (κ2) is 4.70. The van der Waals surface area contributed by atoms with E-state index in [0.717, 1.165) is 10.0 Å². The number of hydrogen-bond acceptors (Lipinski definition) is 4. The second-order valence-corrected chi connectivity index (χ2v) is 5.50. The quantitative estimate of drug-likeness (QED) is 0.897. The fraction of sp³-hybridized carbons (Fsp3) is 0.333. The highest BCUT2D eigenvalue weighted by Crippen LogP contribution is 2.27. The number of benzene rings is 1. The molecule has 1 heterocycles. The van der Waals surface area contributed by atoms with Crippen molar-refractivity contribution in [2.45, 2.75) is 20.1 Å². The number of nitrogens with zero attached hydrogens (tertiary/aromatic N) is 1. The number of hydrogen-bond donors (Lipinski definition) is 2. The van der Waals surface area contributed by atoms with Crippen molar-refractivity contribution in [3.8, 4) is 0 Å². The van der Waals surface area contributed by atoms with Crippen molar-refractivity contribution in [2.75, 3.05) is 0 Å². The van der Waals surface area contributed by atoms with E-state index in [4.69, 9.17) is 9.94 Å². The molecule has 0 aromatic heterocycles. The molecular formula is C12H13BrN2O3. The summed E-state index contributed by atoms with van der Waals surface area (Å²) >= 11 is 3.35. The number of amidine groups is 1. The highest BCUT2D eigenvalue weighted by molar-refractivity contribution is 9.10. The number of nitrogens with one attached hydrogen (secondary N) is 1. The average molecular weight is 313 g/mol. The molecule has 2 rings (SSSR count). The van der Waals surface area contributed by atoms with Gasteiger partial charge in [-0.3, -0.25) is 4.79 Å². The maximum Gasteiger partial charge on any atom is 0.313 e. The lowest BCUT2D eigenvalue weighted by Gasteiger charge is -2.22. The van der Waals surface area contributed by atoms with E-state index in [-0.39, 0.29) is 0 Å². The van der Waals surface area contributed by atoms with Crippen molar-refractivity contribution < 1.29 is 14.7 Å². The van der Waals surface area contributed by atoms with Gasteiger partial charge in [0, 0.05) is 10.0 Å². The molecular weight excluding hydrogens is 300 g/mol. The van der Waals surface area contributed by atoms with Gasteiger partial charge in [0.2, 0.25) is 0 Å². The Balaban J connectivity index is 2.23. The van der Waals surface area contributed by atoms with Crippen LogP contribution in [0.3, 0.4) is 0 Å². The summed E-state index contributed by atoms with van der Waals surface area (Å²) in [5, 5.41) is 9.11. The summed E-state index contributed by atoms with van der Waals surface area (Å²) in [6.07, 6.45) is -0.742. The first kappa shape index (κ1) is 13.0. The third kappa shape index (κ3) is 2.39. The predicted octanol–water partition coefficient (Wildman–Crippen LogP) is 2.17. The molecule has 2 N–H and O–H groups in total. The smallest absolute Gasteiger partial charge is 0.313 e. The van der Waals surface area contributed by atoms with Gasteiger partial charge in [0.25, 0.3) is 0 Å². The Hall–Kier alpha value is -1.40. The van der Waals surface area contributed by atoms with E-state index in [1.807, 2.05) is 24.3 Å². The Morgan fingerprint density at radius 2 is 2.06 bits per heavy atom. The standard InChI is InChI=1S/C12H13BrN2O3/c1-12(2,11(16)17)10-14-9(15-18-10)7-3-5-8(13)6-4-7/h3-6,10H,1-2H3,(H,14,15)(H,16,17). The monoisotopic (exact) mass is 312 g/mol. The van der Waals surface area contributed by atoms with E-state index < -0.39 is 17.6 Å². The van der Waals surface area contributed by atoms with E-state index in [9.17, 15) is 4.79 Å². The fourth-order valence-electron chi connectivity index (χ4n) is 1.44. The molecule has 96 valence electrons. The first-order chi connectivity index (χ1) is 8.41. The van der Waals surface area contributed by atoms with E-state index >= 15 is 0 Å². The number of aliphatic carboxylic acids is 1. The fourth-order valence-corrected chi connectivity index (χ4v) is 1.70. The molecule has 0 radical (unpaired) electrons. The minimum atomic E-state index is -1.08. The number of halogens is 1. The minimum absolute atomic E-state index is 0.543. The van der Waals surface area contributed by atoms with Crippen LogP contribution in [-0.4, -0.2) is 23.1 Å². The molecule has 0 aliphatic carbocycles. The Kier molecular flexibility index (Phi) is 3.41. The first-order valence-electron chi connectivity index (χ1n) is 5.40. The zero-order valence-corrected chi connectivity index (χ0v) is 11.6. The molecule has 1 unspecified atom stereocenters. The van der Waals surface area contributed by atoms with Crippen molar-refractivity contribution in [3.05, 3.63) is 34.3 Å². The molecule has 1 aromatic carbocycles. The third-order valence-electron chi connectivity index (χ3n) is 2.80. The minimum Gasteiger partial charge on any atom is -0.481 e. The van der Waals surface area contributed by atoms with Crippen LogP contribution in [0.25, 0.3) is 0 Å². The van der Waals surface area contributed by atoms with Gasteiger partial charge >= 0.3 is 5.97 Å². The van der Waals surface area contributed by atoms with Crippen molar-refractivity contribution in [1.29, 1.82) is 0 Å². The van der Waals surface area contributed by atoms with Gasteiger partial charge in [-0.2, -0.15) is 0 Å². The van der Waals surface area contributed by atoms with Crippen LogP contribution in [0.15, 0.2) is 33.7 Å². The molecule has 1 aromatic rings. The maximum absolute atomic E-state index is 11.1. The Morgan fingerprint density at radius 1 is 1.44 bits per heavy atom. The van der Waals surface area contributed by atoms with Gasteiger partial charge < -0.3 is 5.11 Å². The molecule has 1 atom stereocenters. The lowest BCUT2D eigenvalue weighted by Crippen LogP contribution is -2.37. The Morgan fingerprint density at radius 3 is 2.61 bits per heavy atom. The number of carboxylic acids is 1. The topological polar surface area (TPSA) is 70.9 Å². The Bertz CT molecular complexity index is 497. The van der Waals surface area contributed by atoms with Gasteiger partial charge in [-0.15, -0.1) is 0 Å². The van der Waals surface area contributed by atoms with E-state index in [2.05, 4.69) is 26.4 Å². The molecule has 0 fully saturated rings. The second-order valence-electron chi connectivity index (χ2n) is 4.58. The molecule has 5 nitrogen and oxygen atoms in total. The van der Waals surface area contributed by atoms with Gasteiger partial charge in [0.1, 0.15) is 5.41 Å². The van der Waals surface area contributed by atoms with E-state index in [0.29, 0.717) is 5.84 Å². The van der Waals surface area contributed by atoms with Crippen molar-refractivity contribution in [1.82, 2.24) is 5.48 Å². The zero-order chi connectivity index (χ0) is 13.3. The van der Waals surface area contributed by atoms with Crippen LogP contribution >= 0.6 is 15.9 Å². The zero-order valence-electron chi connectivity index (χ0n) is 9.98. The SMILES string of the molecule is CC(C)(C(=O)O)C1N=C(c2ccc(Br)cc2)NO1. The highest BCUT2D eigenvalue weighted by Gasteiger charge is 2.41. The third-order valence-corrected chi connectivity index (χ3v) is 3.33. The lowest BCUT2D eigenvalue weighted by molar-refractivity contribution is -0.156. The summed E-state index contributed by atoms with van der Waals surface area (Å²) < 4.78 is 0.966. The van der Waals surface area contributed by atoms with Gasteiger partial charge in [-0.1, -0.05) is 28.1 Å². The number of carboxylic acid groups (broad SMARTS) is 1. The summed E-state index contributed by atoms with van der Waals surface area (Å²) in [5.74, 6) is -0.406. The number of rotatable bonds is 3. The van der Waals surface area contributed by atoms with Gasteiger partial charge in [-0.25, -0.2) is 15.3 Å². The summed E-state index contributed by atoms with van der Waals surface area (Å²) in [6, 6.07) is 7.51. The summed E-state index contributed by atoms with van der Waals surface area (Å²) in [4.78, 5) is 20.6. The number of hydroxylamine groups is 1. The van der Waals surface area contributed by atoms with Crippen LogP contribution in [0.5, 0.6) is 0 Å². The Labute approximate surface area is 113 Å². The van der Waals surface area contributed by atoms with Crippen LogP contribution in [0.1, 0.15) is 19.4 Å². The average Bonchev–Trinajstić information content (AvgIpc) is 2.79. The van der Waals surface area contributed by atoms with Crippen LogP contribution in [-0.2, 0) is 9.63 Å². The predicted molar refractivity (Wildman–Crippen MR) is 70.1 cm³/mol. The molecule has 0 amide bonds. The highest BCUT2D eigenvalue weighted by atomic mass is 79.9. The molecule has 1 aliphatic rings. The molecule has 6 heteroatoms. The van der Waals surface area contributed by atoms with Crippen LogP contribution in [0.2, 0.25) is 0 Å². The van der Waals surface area contributed by atoms with Crippen molar-refractivity contribution >= 4 is 27.7 Å². The van der Waals surface area contributed by atoms with Crippen LogP contribution in [0, 0.1) is 5.41 Å². The molecule has 1 aliphatic heterocycles. The summed E-state index contributed by atoms with van der Waals surface area (Å²) in [5.41, 5.74) is 2.44. The lowest BCUT2D eigenvalue weighted by atomic mass is 9.92. The number of aliphatic imine (C=N–C) groups is 1. The van der Waals surface area contributed by atoms with Crippen LogP contribution in [0.4, 0.5) is 0 Å². The van der Waals surface area contributed by atoms with Crippen molar-refractivity contribution in [2.24, 2.45) is 10.4 Å². The van der Waals surface area contributed by atoms with Crippen molar-refractivity contribution in [3.63, 3.8) is 0 Å². The summed E-state index contributed by atoms with van der Waals surface area (Å²) in [6.45, 7) is 3.16. The number of carbonyl (C=O) groups is 1. The molecule has 0 spiro atoms. The molecule has 0 bridgehead atoms. The molecule has 0 saturated heterocycles. The van der Waals surface area contributed by atoms with Gasteiger partial charge in [-0.05, 0) is 26.0 Å².